The first-order valence-corrected chi connectivity index (χ1v) is 16.1. The van der Waals surface area contributed by atoms with Crippen molar-refractivity contribution < 1.29 is 10.2 Å². The van der Waals surface area contributed by atoms with Crippen LogP contribution in [0.5, 0.6) is 0 Å². The molecule has 0 aliphatic heterocycles. The highest BCUT2D eigenvalue weighted by Crippen LogP contribution is 2.42. The molecular formula is C40H60O2. The summed E-state index contributed by atoms with van der Waals surface area (Å²) in [5.74, 6) is 0.848. The maximum Gasteiger partial charge on any atom is 0.0729 e. The Kier molecular flexibility index (Phi) is 14.0. The Labute approximate surface area is 258 Å². The maximum atomic E-state index is 10.1. The quantitative estimate of drug-likeness (QED) is 0.180. The fourth-order valence-corrected chi connectivity index (χ4v) is 6.56. The second-order valence-electron chi connectivity index (χ2n) is 14.4. The van der Waals surface area contributed by atoms with Crippen molar-refractivity contribution in [3.05, 3.63) is 106 Å². The van der Waals surface area contributed by atoms with E-state index in [1.807, 2.05) is 6.08 Å². The zero-order valence-electron chi connectivity index (χ0n) is 28.4. The van der Waals surface area contributed by atoms with E-state index < -0.39 is 0 Å². The van der Waals surface area contributed by atoms with Crippen molar-refractivity contribution >= 4 is 0 Å². The molecule has 2 N–H and O–H groups in total. The van der Waals surface area contributed by atoms with Crippen LogP contribution in [-0.4, -0.2) is 22.4 Å². The minimum Gasteiger partial charge on any atom is -0.393 e. The SMILES string of the molecule is CC1=C[C@H](O)CC(C)(C)[C@H]1/C=C/C(C)=C/CC/C(C)=C/C=C/C=C(C)/C=C/C[C@H](C)/C=C/C1=C(C)C[C@H](O)CC1(C)C. The lowest BCUT2D eigenvalue weighted by molar-refractivity contribution is 0.116. The summed E-state index contributed by atoms with van der Waals surface area (Å²) in [5.41, 5.74) is 8.03. The van der Waals surface area contributed by atoms with Crippen molar-refractivity contribution in [2.24, 2.45) is 22.7 Å². The van der Waals surface area contributed by atoms with Crippen LogP contribution in [0.4, 0.5) is 0 Å². The lowest BCUT2D eigenvalue weighted by Crippen LogP contribution is -2.32. The van der Waals surface area contributed by atoms with E-state index in [0.717, 1.165) is 38.5 Å². The molecule has 0 unspecified atom stereocenters. The zero-order chi connectivity index (χ0) is 31.5. The third kappa shape index (κ3) is 12.1. The van der Waals surface area contributed by atoms with Gasteiger partial charge in [0.2, 0.25) is 0 Å². The van der Waals surface area contributed by atoms with Crippen LogP contribution in [0.3, 0.4) is 0 Å². The van der Waals surface area contributed by atoms with Crippen LogP contribution >= 0.6 is 0 Å². The molecule has 4 atom stereocenters. The van der Waals surface area contributed by atoms with E-state index in [1.54, 1.807) is 0 Å². The largest absolute Gasteiger partial charge is 0.393 e. The molecule has 0 bridgehead atoms. The third-order valence-electron chi connectivity index (χ3n) is 8.89. The van der Waals surface area contributed by atoms with Crippen LogP contribution < -0.4 is 0 Å². The number of allylic oxidation sites excluding steroid dienone is 16. The summed E-state index contributed by atoms with van der Waals surface area (Å²) in [7, 11) is 0. The van der Waals surface area contributed by atoms with E-state index in [-0.39, 0.29) is 23.0 Å². The first kappa shape index (κ1) is 35.8. The minimum absolute atomic E-state index is 0.0367. The summed E-state index contributed by atoms with van der Waals surface area (Å²) in [4.78, 5) is 0. The summed E-state index contributed by atoms with van der Waals surface area (Å²) in [6.45, 7) is 22.1. The summed E-state index contributed by atoms with van der Waals surface area (Å²) >= 11 is 0. The smallest absolute Gasteiger partial charge is 0.0729 e. The molecule has 2 aliphatic rings. The molecule has 2 rings (SSSR count). The number of rotatable bonds is 12. The average Bonchev–Trinajstić information content (AvgIpc) is 2.84. The van der Waals surface area contributed by atoms with Gasteiger partial charge in [-0.15, -0.1) is 0 Å². The van der Waals surface area contributed by atoms with Crippen molar-refractivity contribution in [1.82, 2.24) is 0 Å². The van der Waals surface area contributed by atoms with Crippen molar-refractivity contribution in [3.63, 3.8) is 0 Å². The van der Waals surface area contributed by atoms with Gasteiger partial charge in [-0.3, -0.25) is 0 Å². The van der Waals surface area contributed by atoms with E-state index >= 15 is 0 Å². The number of hydrogen-bond donors (Lipinski definition) is 2. The lowest BCUT2D eigenvalue weighted by atomic mass is 9.67. The Bertz CT molecular complexity index is 1170. The molecule has 2 heteroatoms. The Morgan fingerprint density at radius 1 is 0.976 bits per heavy atom. The summed E-state index contributed by atoms with van der Waals surface area (Å²) in [5, 5.41) is 20.2. The Balaban J connectivity index is 1.79. The highest BCUT2D eigenvalue weighted by Gasteiger charge is 2.34. The molecule has 0 amide bonds. The molecule has 0 fully saturated rings. The average molecular weight is 573 g/mol. The van der Waals surface area contributed by atoms with E-state index in [1.165, 1.54) is 33.4 Å². The van der Waals surface area contributed by atoms with Gasteiger partial charge >= 0.3 is 0 Å². The topological polar surface area (TPSA) is 40.5 Å². The second-order valence-corrected chi connectivity index (χ2v) is 14.4. The molecule has 0 radical (unpaired) electrons. The highest BCUT2D eigenvalue weighted by molar-refractivity contribution is 5.34. The van der Waals surface area contributed by atoms with E-state index in [0.29, 0.717) is 11.8 Å². The molecule has 0 aromatic rings. The van der Waals surface area contributed by atoms with Gasteiger partial charge in [0.25, 0.3) is 0 Å². The van der Waals surface area contributed by atoms with Crippen LogP contribution in [-0.2, 0) is 0 Å². The molecule has 2 aliphatic carbocycles. The van der Waals surface area contributed by atoms with Crippen molar-refractivity contribution in [2.45, 2.75) is 120 Å². The standard InChI is InChI=1S/C40H60O2/c1-29(17-13-19-31(3)21-23-37-33(5)25-35(41)27-39(37,7)8)15-11-12-16-30(2)18-14-20-32(4)22-24-38-34(6)26-36(42)28-40(38,9)10/h11-13,15-17,20-24,26,31,35-36,38,41-42H,14,18-19,25,27-28H2,1-10H3/b12-11+,17-13+,23-21+,24-22+,29-15+,30-16+,32-20+/t31-,35-,36-,38-/m0/s1. The van der Waals surface area contributed by atoms with Crippen molar-refractivity contribution in [1.29, 1.82) is 0 Å². The molecule has 42 heavy (non-hydrogen) atoms. The molecule has 2 nitrogen and oxygen atoms in total. The molecule has 0 aromatic carbocycles. The molecule has 0 spiro atoms. The minimum atomic E-state index is -0.317. The number of aliphatic hydroxyl groups is 2. The van der Waals surface area contributed by atoms with Gasteiger partial charge in [-0.2, -0.15) is 0 Å². The van der Waals surface area contributed by atoms with Crippen LogP contribution in [0, 0.1) is 22.7 Å². The second kappa shape index (κ2) is 16.4. The van der Waals surface area contributed by atoms with Crippen molar-refractivity contribution in [3.8, 4) is 0 Å². The monoisotopic (exact) mass is 572 g/mol. The van der Waals surface area contributed by atoms with Crippen LogP contribution in [0.25, 0.3) is 0 Å². The molecule has 232 valence electrons. The Morgan fingerprint density at radius 3 is 2.33 bits per heavy atom. The Hall–Kier alpha value is -2.42. The van der Waals surface area contributed by atoms with Gasteiger partial charge in [0.15, 0.2) is 0 Å². The van der Waals surface area contributed by atoms with Gasteiger partial charge < -0.3 is 10.2 Å². The molecule has 0 heterocycles. The van der Waals surface area contributed by atoms with Crippen LogP contribution in [0.1, 0.15) is 108 Å². The van der Waals surface area contributed by atoms with Gasteiger partial charge in [-0.1, -0.05) is 135 Å². The molecular weight excluding hydrogens is 512 g/mol. The first-order valence-electron chi connectivity index (χ1n) is 16.1. The fourth-order valence-electron chi connectivity index (χ4n) is 6.56. The fraction of sp³-hybridized carbons (Fsp3) is 0.550. The maximum absolute atomic E-state index is 10.1. The Morgan fingerprint density at radius 2 is 1.67 bits per heavy atom. The van der Waals surface area contributed by atoms with Crippen molar-refractivity contribution in [2.75, 3.05) is 0 Å². The zero-order valence-corrected chi connectivity index (χ0v) is 28.4. The summed E-state index contributed by atoms with van der Waals surface area (Å²) < 4.78 is 0. The van der Waals surface area contributed by atoms with E-state index in [9.17, 15) is 10.2 Å². The normalized spacial score (nSPS) is 26.7. The summed E-state index contributed by atoms with van der Waals surface area (Å²) in [6.07, 6.45) is 31.7. The van der Waals surface area contributed by atoms with Gasteiger partial charge in [0.05, 0.1) is 12.2 Å². The van der Waals surface area contributed by atoms with E-state index in [4.69, 9.17) is 0 Å². The number of aliphatic hydroxyl groups excluding tert-OH is 2. The van der Waals surface area contributed by atoms with Crippen LogP contribution in [0.15, 0.2) is 106 Å². The molecule has 0 saturated heterocycles. The van der Waals surface area contributed by atoms with Gasteiger partial charge in [0, 0.05) is 5.92 Å². The summed E-state index contributed by atoms with van der Waals surface area (Å²) in [6, 6.07) is 0. The first-order chi connectivity index (χ1) is 19.6. The molecule has 0 saturated carbocycles. The number of hydrogen-bond acceptors (Lipinski definition) is 2. The highest BCUT2D eigenvalue weighted by atomic mass is 16.3. The predicted octanol–water partition coefficient (Wildman–Crippen LogP) is 10.7. The molecule has 0 aromatic heterocycles. The predicted molar refractivity (Wildman–Crippen MR) is 184 cm³/mol. The van der Waals surface area contributed by atoms with E-state index in [2.05, 4.69) is 136 Å². The van der Waals surface area contributed by atoms with Gasteiger partial charge in [-0.05, 0) is 95.5 Å². The van der Waals surface area contributed by atoms with Crippen LogP contribution in [0.2, 0.25) is 0 Å². The van der Waals surface area contributed by atoms with Gasteiger partial charge in [-0.25, -0.2) is 0 Å². The van der Waals surface area contributed by atoms with Gasteiger partial charge in [0.1, 0.15) is 0 Å². The third-order valence-corrected chi connectivity index (χ3v) is 8.89. The lowest BCUT2D eigenvalue weighted by Gasteiger charge is -2.38.